The molecule has 1 aromatic carbocycles. The monoisotopic (exact) mass is 310 g/mol. The fraction of sp³-hybridized carbons (Fsp3) is 0.467. The van der Waals surface area contributed by atoms with E-state index in [4.69, 9.17) is 16.9 Å². The van der Waals surface area contributed by atoms with Gasteiger partial charge < -0.3 is 5.32 Å². The Morgan fingerprint density at radius 3 is 2.80 bits per heavy atom. The van der Waals surface area contributed by atoms with E-state index in [0.29, 0.717) is 10.8 Å². The summed E-state index contributed by atoms with van der Waals surface area (Å²) >= 11 is 7.41. The lowest BCUT2D eigenvalue weighted by Gasteiger charge is -2.27. The summed E-state index contributed by atoms with van der Waals surface area (Å²) in [6.07, 6.45) is 0. The number of hydrogen-bond acceptors (Lipinski definition) is 3. The minimum Gasteiger partial charge on any atom is -0.337 e. The van der Waals surface area contributed by atoms with E-state index in [1.54, 1.807) is 6.92 Å². The predicted molar refractivity (Wildman–Crippen MR) is 84.6 cm³/mol. The summed E-state index contributed by atoms with van der Waals surface area (Å²) in [7, 11) is 0. The first-order valence-electron chi connectivity index (χ1n) is 6.42. The number of carbonyl (C=O) groups is 1. The number of nitriles is 1. The second-order valence-electron chi connectivity index (χ2n) is 5.14. The van der Waals surface area contributed by atoms with Crippen molar-refractivity contribution in [1.82, 2.24) is 5.32 Å². The molecule has 108 valence electrons. The van der Waals surface area contributed by atoms with E-state index >= 15 is 0 Å². The first-order valence-corrected chi connectivity index (χ1v) is 7.95. The predicted octanol–water partition coefficient (Wildman–Crippen LogP) is 3.63. The molecular formula is C15H19ClN2OS. The molecule has 0 aromatic heterocycles. The number of nitrogens with zero attached hydrogens (tertiary/aromatic N) is 1. The second kappa shape index (κ2) is 7.56. The van der Waals surface area contributed by atoms with Gasteiger partial charge in [0, 0.05) is 10.8 Å². The van der Waals surface area contributed by atoms with Gasteiger partial charge >= 0.3 is 0 Å². The van der Waals surface area contributed by atoms with Crippen LogP contribution in [0.3, 0.4) is 0 Å². The lowest BCUT2D eigenvalue weighted by Crippen LogP contribution is -2.49. The van der Waals surface area contributed by atoms with Gasteiger partial charge in [0.1, 0.15) is 5.54 Å². The highest BCUT2D eigenvalue weighted by atomic mass is 35.5. The van der Waals surface area contributed by atoms with Gasteiger partial charge in [-0.3, -0.25) is 4.79 Å². The minimum atomic E-state index is -0.812. The molecule has 0 aliphatic rings. The van der Waals surface area contributed by atoms with Crippen molar-refractivity contribution >= 4 is 29.3 Å². The van der Waals surface area contributed by atoms with E-state index in [0.717, 1.165) is 11.3 Å². The molecule has 20 heavy (non-hydrogen) atoms. The maximum atomic E-state index is 11.9. The van der Waals surface area contributed by atoms with Gasteiger partial charge in [0.15, 0.2) is 0 Å². The summed E-state index contributed by atoms with van der Waals surface area (Å²) in [5.74, 6) is 0.999. The van der Waals surface area contributed by atoms with E-state index in [2.05, 4.69) is 11.4 Å². The maximum Gasteiger partial charge on any atom is 0.231 e. The number of halogens is 1. The van der Waals surface area contributed by atoms with E-state index in [-0.39, 0.29) is 11.8 Å². The number of nitrogens with one attached hydrogen (secondary N) is 1. The molecule has 0 heterocycles. The van der Waals surface area contributed by atoms with Gasteiger partial charge in [0.05, 0.1) is 11.8 Å². The summed E-state index contributed by atoms with van der Waals surface area (Å²) in [5.41, 5.74) is 0.274. The number of rotatable bonds is 6. The van der Waals surface area contributed by atoms with Crippen LogP contribution in [0.25, 0.3) is 0 Å². The highest BCUT2D eigenvalue weighted by Gasteiger charge is 2.29. The molecule has 0 saturated carbocycles. The van der Waals surface area contributed by atoms with E-state index in [1.165, 1.54) is 11.8 Å². The number of hydrogen-bond donors (Lipinski definition) is 1. The van der Waals surface area contributed by atoms with Gasteiger partial charge in [-0.05, 0) is 30.5 Å². The maximum absolute atomic E-state index is 11.9. The highest BCUT2D eigenvalue weighted by Crippen LogP contribution is 2.18. The molecule has 1 rings (SSSR count). The molecule has 0 spiro atoms. The molecule has 3 nitrogen and oxygen atoms in total. The molecule has 0 fully saturated rings. The van der Waals surface area contributed by atoms with Crippen molar-refractivity contribution in [2.75, 3.05) is 5.75 Å². The summed E-state index contributed by atoms with van der Waals surface area (Å²) in [6.45, 7) is 5.59. The lowest BCUT2D eigenvalue weighted by atomic mass is 9.90. The first-order chi connectivity index (χ1) is 9.37. The number of benzene rings is 1. The molecule has 1 aromatic rings. The van der Waals surface area contributed by atoms with Crippen LogP contribution in [0.2, 0.25) is 5.02 Å². The Morgan fingerprint density at radius 1 is 1.55 bits per heavy atom. The Kier molecular flexibility index (Phi) is 6.38. The number of carbonyl (C=O) groups excluding carboxylic acids is 1. The average Bonchev–Trinajstić information content (AvgIpc) is 2.38. The standard InChI is InChI=1S/C15H19ClN2OS/c1-11(2)15(3,10-17)18-14(19)9-20-8-12-5-4-6-13(16)7-12/h4-7,11H,8-9H2,1-3H3,(H,18,19). The molecule has 1 atom stereocenters. The van der Waals surface area contributed by atoms with Crippen LogP contribution < -0.4 is 5.32 Å². The van der Waals surface area contributed by atoms with Crippen LogP contribution in [0.15, 0.2) is 24.3 Å². The SMILES string of the molecule is CC(C)C(C)(C#N)NC(=O)CSCc1cccc(Cl)c1. The van der Waals surface area contributed by atoms with Crippen molar-refractivity contribution in [3.8, 4) is 6.07 Å². The van der Waals surface area contributed by atoms with Gasteiger partial charge in [-0.2, -0.15) is 5.26 Å². The van der Waals surface area contributed by atoms with Gasteiger partial charge in [-0.15, -0.1) is 11.8 Å². The second-order valence-corrected chi connectivity index (χ2v) is 6.56. The quantitative estimate of drug-likeness (QED) is 0.873. The molecular weight excluding hydrogens is 292 g/mol. The summed E-state index contributed by atoms with van der Waals surface area (Å²) in [5, 5.41) is 12.6. The van der Waals surface area contributed by atoms with Gasteiger partial charge in [-0.25, -0.2) is 0 Å². The largest absolute Gasteiger partial charge is 0.337 e. The molecule has 1 N–H and O–H groups in total. The van der Waals surface area contributed by atoms with Crippen molar-refractivity contribution in [3.63, 3.8) is 0 Å². The smallest absolute Gasteiger partial charge is 0.231 e. The van der Waals surface area contributed by atoms with Crippen LogP contribution in [0.5, 0.6) is 0 Å². The third kappa shape index (κ3) is 5.07. The Morgan fingerprint density at radius 2 is 2.25 bits per heavy atom. The van der Waals surface area contributed by atoms with Crippen molar-refractivity contribution in [1.29, 1.82) is 5.26 Å². The average molecular weight is 311 g/mol. The topological polar surface area (TPSA) is 52.9 Å². The van der Waals surface area contributed by atoms with Crippen LogP contribution in [0.1, 0.15) is 26.3 Å². The third-order valence-corrected chi connectivity index (χ3v) is 4.42. The Labute approximate surface area is 129 Å². The van der Waals surface area contributed by atoms with Gasteiger partial charge in [-0.1, -0.05) is 37.6 Å². The zero-order valence-electron chi connectivity index (χ0n) is 11.9. The van der Waals surface area contributed by atoms with E-state index in [1.807, 2.05) is 38.1 Å². The lowest BCUT2D eigenvalue weighted by molar-refractivity contribution is -0.120. The van der Waals surface area contributed by atoms with Crippen molar-refractivity contribution < 1.29 is 4.79 Å². The Bertz CT molecular complexity index is 513. The van der Waals surface area contributed by atoms with Gasteiger partial charge in [0.2, 0.25) is 5.91 Å². The summed E-state index contributed by atoms with van der Waals surface area (Å²) in [4.78, 5) is 11.9. The van der Waals surface area contributed by atoms with Crippen LogP contribution in [0.4, 0.5) is 0 Å². The van der Waals surface area contributed by atoms with Crippen molar-refractivity contribution in [2.24, 2.45) is 5.92 Å². The van der Waals surface area contributed by atoms with Crippen molar-refractivity contribution in [3.05, 3.63) is 34.9 Å². The normalized spacial score (nSPS) is 13.6. The van der Waals surface area contributed by atoms with E-state index in [9.17, 15) is 4.79 Å². The zero-order valence-corrected chi connectivity index (χ0v) is 13.5. The zero-order chi connectivity index (χ0) is 15.2. The van der Waals surface area contributed by atoms with Gasteiger partial charge in [0.25, 0.3) is 0 Å². The van der Waals surface area contributed by atoms with Crippen LogP contribution in [0, 0.1) is 17.2 Å². The van der Waals surface area contributed by atoms with Crippen LogP contribution >= 0.6 is 23.4 Å². The molecule has 0 saturated heterocycles. The minimum absolute atomic E-state index is 0.0642. The number of thioether (sulfide) groups is 1. The fourth-order valence-corrected chi connectivity index (χ4v) is 2.50. The van der Waals surface area contributed by atoms with Crippen LogP contribution in [-0.4, -0.2) is 17.2 Å². The Balaban J connectivity index is 2.43. The molecule has 1 unspecified atom stereocenters. The molecule has 0 radical (unpaired) electrons. The summed E-state index contributed by atoms with van der Waals surface area (Å²) in [6, 6.07) is 9.75. The Hall–Kier alpha value is -1.18. The molecule has 5 heteroatoms. The summed E-state index contributed by atoms with van der Waals surface area (Å²) < 4.78 is 0. The molecule has 0 aliphatic carbocycles. The fourth-order valence-electron chi connectivity index (χ4n) is 1.52. The van der Waals surface area contributed by atoms with Crippen LogP contribution in [-0.2, 0) is 10.5 Å². The third-order valence-electron chi connectivity index (χ3n) is 3.18. The molecule has 0 bridgehead atoms. The van der Waals surface area contributed by atoms with Crippen molar-refractivity contribution in [2.45, 2.75) is 32.1 Å². The number of amides is 1. The van der Waals surface area contributed by atoms with E-state index < -0.39 is 5.54 Å². The highest BCUT2D eigenvalue weighted by molar-refractivity contribution is 7.99. The molecule has 0 aliphatic heterocycles. The molecule has 1 amide bonds. The first kappa shape index (κ1) is 16.9.